The van der Waals surface area contributed by atoms with Gasteiger partial charge in [0, 0.05) is 32.2 Å². The average molecular weight is 156 g/mol. The zero-order valence-electron chi connectivity index (χ0n) is 6.79. The monoisotopic (exact) mass is 156 g/mol. The van der Waals surface area contributed by atoms with E-state index in [0.717, 1.165) is 32.6 Å². The molecule has 1 saturated carbocycles. The van der Waals surface area contributed by atoms with Gasteiger partial charge in [-0.3, -0.25) is 4.90 Å². The SMILES string of the molecule is O[C@H]1CC[C@@H]1N1CCNCC1. The summed E-state index contributed by atoms with van der Waals surface area (Å²) < 4.78 is 0. The van der Waals surface area contributed by atoms with Crippen LogP contribution in [0.3, 0.4) is 0 Å². The first kappa shape index (κ1) is 7.53. The molecule has 0 aromatic rings. The standard InChI is InChI=1S/C8H16N2O/c11-8-2-1-7(8)10-5-3-9-4-6-10/h7-9,11H,1-6H2/t7-,8-/m0/s1. The third-order valence-corrected chi connectivity index (χ3v) is 2.82. The van der Waals surface area contributed by atoms with E-state index in [-0.39, 0.29) is 6.10 Å². The first-order valence-electron chi connectivity index (χ1n) is 4.51. The molecular weight excluding hydrogens is 140 g/mol. The van der Waals surface area contributed by atoms with E-state index in [2.05, 4.69) is 10.2 Å². The van der Waals surface area contributed by atoms with Crippen LogP contribution in [-0.2, 0) is 0 Å². The van der Waals surface area contributed by atoms with Crippen LogP contribution >= 0.6 is 0 Å². The lowest BCUT2D eigenvalue weighted by Crippen LogP contribution is -2.56. The van der Waals surface area contributed by atoms with Gasteiger partial charge in [0.15, 0.2) is 0 Å². The molecule has 2 fully saturated rings. The van der Waals surface area contributed by atoms with Crippen LogP contribution in [0.2, 0.25) is 0 Å². The van der Waals surface area contributed by atoms with Crippen LogP contribution in [0.4, 0.5) is 0 Å². The summed E-state index contributed by atoms with van der Waals surface area (Å²) in [5.74, 6) is 0. The van der Waals surface area contributed by atoms with Crippen LogP contribution in [0.5, 0.6) is 0 Å². The number of piperazine rings is 1. The Morgan fingerprint density at radius 1 is 1.18 bits per heavy atom. The highest BCUT2D eigenvalue weighted by Gasteiger charge is 2.34. The fraction of sp³-hybridized carbons (Fsp3) is 1.00. The zero-order chi connectivity index (χ0) is 7.68. The summed E-state index contributed by atoms with van der Waals surface area (Å²) in [5, 5.41) is 12.7. The summed E-state index contributed by atoms with van der Waals surface area (Å²) in [6, 6.07) is 0.483. The maximum atomic E-state index is 9.40. The van der Waals surface area contributed by atoms with Gasteiger partial charge in [0.25, 0.3) is 0 Å². The summed E-state index contributed by atoms with van der Waals surface area (Å²) in [5.41, 5.74) is 0. The molecule has 2 atom stereocenters. The topological polar surface area (TPSA) is 35.5 Å². The van der Waals surface area contributed by atoms with Crippen molar-refractivity contribution in [1.29, 1.82) is 0 Å². The third kappa shape index (κ3) is 1.41. The van der Waals surface area contributed by atoms with Crippen molar-refractivity contribution in [2.24, 2.45) is 0 Å². The quantitative estimate of drug-likeness (QED) is 0.533. The van der Waals surface area contributed by atoms with Gasteiger partial charge in [0.05, 0.1) is 6.10 Å². The summed E-state index contributed by atoms with van der Waals surface area (Å²) in [4.78, 5) is 2.41. The largest absolute Gasteiger partial charge is 0.391 e. The predicted octanol–water partition coefficient (Wildman–Crippen LogP) is -0.585. The van der Waals surface area contributed by atoms with E-state index in [9.17, 15) is 5.11 Å². The molecule has 2 aliphatic rings. The highest BCUT2D eigenvalue weighted by Crippen LogP contribution is 2.25. The summed E-state index contributed by atoms with van der Waals surface area (Å²) in [7, 11) is 0. The van der Waals surface area contributed by atoms with Crippen molar-refractivity contribution in [3.8, 4) is 0 Å². The Bertz CT molecular complexity index is 134. The normalized spacial score (nSPS) is 40.1. The first-order valence-corrected chi connectivity index (χ1v) is 4.51. The maximum Gasteiger partial charge on any atom is 0.0696 e. The molecule has 0 aromatic heterocycles. The molecule has 1 aliphatic heterocycles. The van der Waals surface area contributed by atoms with Crippen molar-refractivity contribution >= 4 is 0 Å². The second-order valence-corrected chi connectivity index (χ2v) is 3.50. The minimum Gasteiger partial charge on any atom is -0.391 e. The molecular formula is C8H16N2O. The Morgan fingerprint density at radius 2 is 1.91 bits per heavy atom. The Kier molecular flexibility index (Phi) is 2.11. The van der Waals surface area contributed by atoms with Crippen molar-refractivity contribution in [1.82, 2.24) is 10.2 Å². The average Bonchev–Trinajstić information content (AvgIpc) is 2.04. The second-order valence-electron chi connectivity index (χ2n) is 3.50. The minimum absolute atomic E-state index is 0.0342. The van der Waals surface area contributed by atoms with Gasteiger partial charge in [-0.25, -0.2) is 0 Å². The van der Waals surface area contributed by atoms with E-state index in [0.29, 0.717) is 6.04 Å². The smallest absolute Gasteiger partial charge is 0.0696 e. The Hall–Kier alpha value is -0.120. The van der Waals surface area contributed by atoms with Gasteiger partial charge < -0.3 is 10.4 Å². The van der Waals surface area contributed by atoms with Crippen molar-refractivity contribution < 1.29 is 5.11 Å². The summed E-state index contributed by atoms with van der Waals surface area (Å²) in [6.45, 7) is 4.40. The van der Waals surface area contributed by atoms with Crippen molar-refractivity contribution in [2.45, 2.75) is 25.0 Å². The molecule has 64 valence electrons. The van der Waals surface area contributed by atoms with E-state index in [1.54, 1.807) is 0 Å². The van der Waals surface area contributed by atoms with Crippen LogP contribution in [0, 0.1) is 0 Å². The van der Waals surface area contributed by atoms with Crippen LogP contribution in [0.25, 0.3) is 0 Å². The Balaban J connectivity index is 1.83. The Morgan fingerprint density at radius 3 is 2.36 bits per heavy atom. The first-order chi connectivity index (χ1) is 5.38. The van der Waals surface area contributed by atoms with Gasteiger partial charge in [0.2, 0.25) is 0 Å². The number of aliphatic hydroxyl groups is 1. The van der Waals surface area contributed by atoms with Crippen LogP contribution in [-0.4, -0.2) is 48.3 Å². The van der Waals surface area contributed by atoms with E-state index in [4.69, 9.17) is 0 Å². The van der Waals surface area contributed by atoms with Crippen LogP contribution in [0.1, 0.15) is 12.8 Å². The minimum atomic E-state index is -0.0342. The highest BCUT2D eigenvalue weighted by molar-refractivity contribution is 4.90. The van der Waals surface area contributed by atoms with E-state index in [1.165, 1.54) is 6.42 Å². The number of hydrogen-bond donors (Lipinski definition) is 2. The number of aliphatic hydroxyl groups excluding tert-OH is 1. The lowest BCUT2D eigenvalue weighted by atomic mass is 9.87. The van der Waals surface area contributed by atoms with Crippen LogP contribution in [0.15, 0.2) is 0 Å². The van der Waals surface area contributed by atoms with E-state index >= 15 is 0 Å². The molecule has 2 N–H and O–H groups in total. The van der Waals surface area contributed by atoms with E-state index in [1.807, 2.05) is 0 Å². The van der Waals surface area contributed by atoms with Gasteiger partial charge in [-0.05, 0) is 12.8 Å². The lowest BCUT2D eigenvalue weighted by molar-refractivity contribution is -0.0252. The van der Waals surface area contributed by atoms with E-state index < -0.39 is 0 Å². The maximum absolute atomic E-state index is 9.40. The molecule has 1 saturated heterocycles. The molecule has 2 rings (SSSR count). The zero-order valence-corrected chi connectivity index (χ0v) is 6.79. The molecule has 0 amide bonds. The summed E-state index contributed by atoms with van der Waals surface area (Å²) in [6.07, 6.45) is 2.17. The number of rotatable bonds is 1. The third-order valence-electron chi connectivity index (χ3n) is 2.82. The fourth-order valence-corrected chi connectivity index (χ4v) is 1.90. The van der Waals surface area contributed by atoms with Crippen molar-refractivity contribution in [3.63, 3.8) is 0 Å². The summed E-state index contributed by atoms with van der Waals surface area (Å²) >= 11 is 0. The molecule has 3 heteroatoms. The Labute approximate surface area is 67.4 Å². The number of nitrogens with one attached hydrogen (secondary N) is 1. The fourth-order valence-electron chi connectivity index (χ4n) is 1.90. The molecule has 0 bridgehead atoms. The van der Waals surface area contributed by atoms with Gasteiger partial charge in [-0.2, -0.15) is 0 Å². The van der Waals surface area contributed by atoms with Gasteiger partial charge in [0.1, 0.15) is 0 Å². The molecule has 0 unspecified atom stereocenters. The highest BCUT2D eigenvalue weighted by atomic mass is 16.3. The van der Waals surface area contributed by atoms with Gasteiger partial charge in [-0.15, -0.1) is 0 Å². The van der Waals surface area contributed by atoms with Gasteiger partial charge in [-0.1, -0.05) is 0 Å². The molecule has 11 heavy (non-hydrogen) atoms. The molecule has 0 aromatic carbocycles. The van der Waals surface area contributed by atoms with Crippen molar-refractivity contribution in [3.05, 3.63) is 0 Å². The number of nitrogens with zero attached hydrogens (tertiary/aromatic N) is 1. The lowest BCUT2D eigenvalue weighted by Gasteiger charge is -2.43. The molecule has 1 heterocycles. The molecule has 3 nitrogen and oxygen atoms in total. The molecule has 0 spiro atoms. The van der Waals surface area contributed by atoms with Crippen LogP contribution < -0.4 is 5.32 Å². The molecule has 1 aliphatic carbocycles. The van der Waals surface area contributed by atoms with Crippen molar-refractivity contribution in [2.75, 3.05) is 26.2 Å². The second kappa shape index (κ2) is 3.09. The predicted molar refractivity (Wildman–Crippen MR) is 43.5 cm³/mol. The molecule has 0 radical (unpaired) electrons. The van der Waals surface area contributed by atoms with Gasteiger partial charge >= 0.3 is 0 Å². The number of hydrogen-bond acceptors (Lipinski definition) is 3.